The highest BCUT2D eigenvalue weighted by Gasteiger charge is 2.46. The largest absolute Gasteiger partial charge is 0.481 e. The number of hydrogen-bond acceptors (Lipinski definition) is 2. The van der Waals surface area contributed by atoms with Crippen LogP contribution in [0, 0.1) is 23.2 Å². The topological polar surface area (TPSA) is 49.3 Å². The SMILES string of the molecule is CC1CCC(NC2CCC(C(=O)O)C(C)(C)C2C)CC1. The van der Waals surface area contributed by atoms with Gasteiger partial charge in [-0.3, -0.25) is 4.79 Å². The molecule has 0 aliphatic heterocycles. The van der Waals surface area contributed by atoms with Gasteiger partial charge in [0, 0.05) is 12.1 Å². The Morgan fingerprint density at radius 3 is 2.20 bits per heavy atom. The Hall–Kier alpha value is -0.570. The second-order valence-corrected chi connectivity index (χ2v) is 7.81. The number of carboxylic acid groups (broad SMARTS) is 1. The molecule has 0 spiro atoms. The van der Waals surface area contributed by atoms with Crippen LogP contribution in [0.5, 0.6) is 0 Å². The standard InChI is InChI=1S/C17H31NO2/c1-11-5-7-13(8-6-11)18-15-10-9-14(16(19)20)17(3,4)12(15)2/h11-15,18H,5-10H2,1-4H3,(H,19,20). The first-order valence-electron chi connectivity index (χ1n) is 8.31. The fraction of sp³-hybridized carbons (Fsp3) is 0.941. The van der Waals surface area contributed by atoms with Gasteiger partial charge in [-0.25, -0.2) is 0 Å². The monoisotopic (exact) mass is 281 g/mol. The first-order chi connectivity index (χ1) is 9.32. The van der Waals surface area contributed by atoms with Crippen molar-refractivity contribution in [3.05, 3.63) is 0 Å². The zero-order chi connectivity index (χ0) is 14.9. The summed E-state index contributed by atoms with van der Waals surface area (Å²) in [5.41, 5.74) is -0.121. The maximum absolute atomic E-state index is 11.4. The summed E-state index contributed by atoms with van der Waals surface area (Å²) in [5.74, 6) is 0.482. The van der Waals surface area contributed by atoms with E-state index < -0.39 is 5.97 Å². The van der Waals surface area contributed by atoms with Crippen LogP contribution in [0.15, 0.2) is 0 Å². The van der Waals surface area contributed by atoms with E-state index in [2.05, 4.69) is 33.0 Å². The van der Waals surface area contributed by atoms with Gasteiger partial charge in [-0.15, -0.1) is 0 Å². The molecule has 0 bridgehead atoms. The number of nitrogens with one attached hydrogen (secondary N) is 1. The predicted octanol–water partition coefficient (Wildman–Crippen LogP) is 3.68. The van der Waals surface area contributed by atoms with Crippen molar-refractivity contribution in [3.8, 4) is 0 Å². The summed E-state index contributed by atoms with van der Waals surface area (Å²) < 4.78 is 0. The van der Waals surface area contributed by atoms with Crippen LogP contribution >= 0.6 is 0 Å². The molecule has 0 aromatic heterocycles. The molecule has 3 nitrogen and oxygen atoms in total. The van der Waals surface area contributed by atoms with Gasteiger partial charge < -0.3 is 10.4 Å². The average molecular weight is 281 g/mol. The molecule has 0 heterocycles. The second-order valence-electron chi connectivity index (χ2n) is 7.81. The van der Waals surface area contributed by atoms with Crippen LogP contribution in [0.3, 0.4) is 0 Å². The van der Waals surface area contributed by atoms with Crippen molar-refractivity contribution in [1.29, 1.82) is 0 Å². The van der Waals surface area contributed by atoms with E-state index >= 15 is 0 Å². The molecule has 2 fully saturated rings. The minimum atomic E-state index is -0.619. The molecule has 2 N–H and O–H groups in total. The molecule has 116 valence electrons. The van der Waals surface area contributed by atoms with Crippen molar-refractivity contribution in [3.63, 3.8) is 0 Å². The van der Waals surface area contributed by atoms with E-state index in [4.69, 9.17) is 0 Å². The molecule has 3 heteroatoms. The Bertz CT molecular complexity index is 345. The Labute approximate surface area is 123 Å². The Balaban J connectivity index is 1.95. The van der Waals surface area contributed by atoms with Gasteiger partial charge in [-0.05, 0) is 55.8 Å². The quantitative estimate of drug-likeness (QED) is 0.829. The smallest absolute Gasteiger partial charge is 0.307 e. The van der Waals surface area contributed by atoms with Crippen LogP contribution in [-0.2, 0) is 4.79 Å². The summed E-state index contributed by atoms with van der Waals surface area (Å²) in [4.78, 5) is 11.4. The summed E-state index contributed by atoms with van der Waals surface area (Å²) in [6.45, 7) is 8.85. The van der Waals surface area contributed by atoms with Gasteiger partial charge in [0.25, 0.3) is 0 Å². The summed E-state index contributed by atoms with van der Waals surface area (Å²) in [6.07, 6.45) is 7.06. The molecule has 0 aromatic rings. The second kappa shape index (κ2) is 6.05. The Morgan fingerprint density at radius 2 is 1.65 bits per heavy atom. The summed E-state index contributed by atoms with van der Waals surface area (Å²) >= 11 is 0. The van der Waals surface area contributed by atoms with Crippen LogP contribution in [-0.4, -0.2) is 23.2 Å². The highest BCUT2D eigenvalue weighted by molar-refractivity contribution is 5.71. The van der Waals surface area contributed by atoms with Gasteiger partial charge in [0.05, 0.1) is 5.92 Å². The van der Waals surface area contributed by atoms with E-state index in [1.165, 1.54) is 25.7 Å². The van der Waals surface area contributed by atoms with Crippen molar-refractivity contribution in [2.24, 2.45) is 23.2 Å². The first kappa shape index (κ1) is 15.8. The minimum absolute atomic E-state index is 0.121. The molecule has 20 heavy (non-hydrogen) atoms. The zero-order valence-corrected chi connectivity index (χ0v) is 13.5. The molecule has 2 rings (SSSR count). The van der Waals surface area contributed by atoms with Gasteiger partial charge >= 0.3 is 5.97 Å². The van der Waals surface area contributed by atoms with Crippen molar-refractivity contribution < 1.29 is 9.90 Å². The number of carbonyl (C=O) groups is 1. The third kappa shape index (κ3) is 3.19. The van der Waals surface area contributed by atoms with Gasteiger partial charge in [-0.2, -0.15) is 0 Å². The molecular weight excluding hydrogens is 250 g/mol. The van der Waals surface area contributed by atoms with E-state index in [9.17, 15) is 9.90 Å². The fourth-order valence-corrected chi connectivity index (χ4v) is 4.20. The lowest BCUT2D eigenvalue weighted by molar-refractivity contribution is -0.150. The molecule has 0 radical (unpaired) electrons. The van der Waals surface area contributed by atoms with Crippen molar-refractivity contribution >= 4 is 5.97 Å². The highest BCUT2D eigenvalue weighted by Crippen LogP contribution is 2.45. The lowest BCUT2D eigenvalue weighted by Gasteiger charge is -2.47. The van der Waals surface area contributed by atoms with E-state index in [-0.39, 0.29) is 11.3 Å². The molecular formula is C17H31NO2. The molecule has 2 aliphatic carbocycles. The van der Waals surface area contributed by atoms with Crippen LogP contribution < -0.4 is 5.32 Å². The molecule has 2 aliphatic rings. The number of aliphatic carboxylic acids is 1. The van der Waals surface area contributed by atoms with E-state index in [0.29, 0.717) is 18.0 Å². The molecule has 2 saturated carbocycles. The highest BCUT2D eigenvalue weighted by atomic mass is 16.4. The van der Waals surface area contributed by atoms with Crippen LogP contribution in [0.25, 0.3) is 0 Å². The van der Waals surface area contributed by atoms with E-state index in [1.807, 2.05) is 0 Å². The van der Waals surface area contributed by atoms with Crippen LogP contribution in [0.1, 0.15) is 66.2 Å². The van der Waals surface area contributed by atoms with E-state index in [1.54, 1.807) is 0 Å². The van der Waals surface area contributed by atoms with Gasteiger partial charge in [0.15, 0.2) is 0 Å². The number of rotatable bonds is 3. The fourth-order valence-electron chi connectivity index (χ4n) is 4.20. The van der Waals surface area contributed by atoms with Crippen LogP contribution in [0.4, 0.5) is 0 Å². The van der Waals surface area contributed by atoms with E-state index in [0.717, 1.165) is 18.8 Å². The van der Waals surface area contributed by atoms with Gasteiger partial charge in [0.2, 0.25) is 0 Å². The number of carboxylic acids is 1. The molecule has 0 saturated heterocycles. The number of hydrogen-bond donors (Lipinski definition) is 2. The maximum Gasteiger partial charge on any atom is 0.307 e. The minimum Gasteiger partial charge on any atom is -0.481 e. The van der Waals surface area contributed by atoms with Gasteiger partial charge in [0.1, 0.15) is 0 Å². The maximum atomic E-state index is 11.4. The van der Waals surface area contributed by atoms with Gasteiger partial charge in [-0.1, -0.05) is 27.7 Å². The Morgan fingerprint density at radius 1 is 1.05 bits per heavy atom. The third-order valence-corrected chi connectivity index (χ3v) is 6.21. The predicted molar refractivity (Wildman–Crippen MR) is 81.6 cm³/mol. The normalized spacial score (nSPS) is 41.3. The molecule has 3 atom stereocenters. The first-order valence-corrected chi connectivity index (χ1v) is 8.31. The third-order valence-electron chi connectivity index (χ3n) is 6.21. The zero-order valence-electron chi connectivity index (χ0n) is 13.5. The summed E-state index contributed by atoms with van der Waals surface area (Å²) in [5, 5.41) is 13.3. The molecule has 3 unspecified atom stereocenters. The Kier molecular flexibility index (Phi) is 4.78. The molecule has 0 aromatic carbocycles. The lowest BCUT2D eigenvalue weighted by atomic mass is 9.61. The lowest BCUT2D eigenvalue weighted by Crippen LogP contribution is -2.53. The van der Waals surface area contributed by atoms with Crippen molar-refractivity contribution in [1.82, 2.24) is 5.32 Å². The van der Waals surface area contributed by atoms with Crippen molar-refractivity contribution in [2.75, 3.05) is 0 Å². The molecule has 0 amide bonds. The van der Waals surface area contributed by atoms with Crippen molar-refractivity contribution in [2.45, 2.75) is 78.3 Å². The summed E-state index contributed by atoms with van der Waals surface area (Å²) in [7, 11) is 0. The van der Waals surface area contributed by atoms with Crippen LogP contribution in [0.2, 0.25) is 0 Å². The average Bonchev–Trinajstić information content (AvgIpc) is 2.37. The summed E-state index contributed by atoms with van der Waals surface area (Å²) in [6, 6.07) is 1.13.